The number of rotatable bonds is 5. The lowest BCUT2D eigenvalue weighted by Crippen LogP contribution is -2.38. The van der Waals surface area contributed by atoms with E-state index in [0.29, 0.717) is 23.4 Å². The van der Waals surface area contributed by atoms with Crippen molar-refractivity contribution >= 4 is 17.4 Å². The van der Waals surface area contributed by atoms with Crippen molar-refractivity contribution in [3.05, 3.63) is 83.7 Å². The van der Waals surface area contributed by atoms with E-state index in [2.05, 4.69) is 11.4 Å². The van der Waals surface area contributed by atoms with Crippen LogP contribution < -0.4 is 16.0 Å². The molecule has 3 aromatic carbocycles. The average Bonchev–Trinajstić information content (AvgIpc) is 2.78. The Labute approximate surface area is 181 Å². The van der Waals surface area contributed by atoms with Gasteiger partial charge in [0.05, 0.1) is 17.2 Å². The Morgan fingerprint density at radius 1 is 1.03 bits per heavy atom. The maximum atomic E-state index is 13.5. The van der Waals surface area contributed by atoms with Crippen LogP contribution in [-0.2, 0) is 6.18 Å². The van der Waals surface area contributed by atoms with Crippen molar-refractivity contribution in [1.82, 2.24) is 0 Å². The van der Waals surface area contributed by atoms with Crippen LogP contribution in [0.1, 0.15) is 11.1 Å². The first kappa shape index (κ1) is 22.8. The number of nitriles is 1. The highest BCUT2D eigenvalue weighted by molar-refractivity contribution is 6.02. The molecule has 0 radical (unpaired) electrons. The molecule has 5 nitrogen and oxygen atoms in total. The predicted molar refractivity (Wildman–Crippen MR) is 113 cm³/mol. The normalized spacial score (nSPS) is 11.0. The number of anilines is 2. The lowest BCUT2D eigenvalue weighted by atomic mass is 10.0. The highest BCUT2D eigenvalue weighted by Crippen LogP contribution is 2.33. The van der Waals surface area contributed by atoms with Crippen molar-refractivity contribution in [2.24, 2.45) is 5.73 Å². The molecule has 0 spiro atoms. The largest absolute Gasteiger partial charge is 0.419 e. The molecule has 0 bridgehead atoms. The minimum Gasteiger partial charge on any atom is -0.329 e. The van der Waals surface area contributed by atoms with E-state index in [0.717, 1.165) is 17.2 Å². The summed E-state index contributed by atoms with van der Waals surface area (Å²) < 4.78 is 52.3. The molecule has 0 atom stereocenters. The first-order valence-electron chi connectivity index (χ1n) is 9.49. The molecule has 3 N–H and O–H groups in total. The molecule has 0 saturated heterocycles. The number of halogens is 4. The Bertz CT molecular complexity index is 1150. The molecule has 2 amide bonds. The smallest absolute Gasteiger partial charge is 0.329 e. The number of nitrogens with one attached hydrogen (secondary N) is 1. The summed E-state index contributed by atoms with van der Waals surface area (Å²) in [5, 5.41) is 11.4. The summed E-state index contributed by atoms with van der Waals surface area (Å²) in [6, 6.07) is 17.4. The topological polar surface area (TPSA) is 82.2 Å². The number of hydrogen-bond acceptors (Lipinski definition) is 3. The number of carbonyl (C=O) groups is 1. The van der Waals surface area contributed by atoms with Gasteiger partial charge in [-0.05, 0) is 53.6 Å². The number of urea groups is 1. The number of nitrogens with zero attached hydrogens (tertiary/aromatic N) is 2. The number of amides is 2. The zero-order valence-electron chi connectivity index (χ0n) is 16.7. The minimum atomic E-state index is -4.89. The van der Waals surface area contributed by atoms with Crippen LogP contribution in [0.4, 0.5) is 33.7 Å². The van der Waals surface area contributed by atoms with Gasteiger partial charge >= 0.3 is 12.2 Å². The lowest BCUT2D eigenvalue weighted by Gasteiger charge is -2.23. The predicted octanol–water partition coefficient (Wildman–Crippen LogP) is 5.38. The van der Waals surface area contributed by atoms with E-state index >= 15 is 0 Å². The van der Waals surface area contributed by atoms with Crippen molar-refractivity contribution < 1.29 is 22.4 Å². The fraction of sp³-hybridized carbons (Fsp3) is 0.130. The Kier molecular flexibility index (Phi) is 6.76. The van der Waals surface area contributed by atoms with Crippen LogP contribution in [0, 0.1) is 17.1 Å². The summed E-state index contributed by atoms with van der Waals surface area (Å²) in [5.74, 6) is -1.43. The molecule has 0 fully saturated rings. The van der Waals surface area contributed by atoms with Gasteiger partial charge in [-0.1, -0.05) is 24.3 Å². The van der Waals surface area contributed by atoms with Gasteiger partial charge in [0.25, 0.3) is 0 Å². The van der Waals surface area contributed by atoms with Gasteiger partial charge in [0.1, 0.15) is 5.82 Å². The second-order valence-electron chi connectivity index (χ2n) is 6.80. The summed E-state index contributed by atoms with van der Waals surface area (Å²) in [7, 11) is 0. The van der Waals surface area contributed by atoms with Gasteiger partial charge in [-0.3, -0.25) is 4.90 Å². The second-order valence-corrected chi connectivity index (χ2v) is 6.80. The van der Waals surface area contributed by atoms with Crippen LogP contribution >= 0.6 is 0 Å². The molecule has 3 rings (SSSR count). The minimum absolute atomic E-state index is 0.0996. The molecular weight excluding hydrogens is 424 g/mol. The fourth-order valence-electron chi connectivity index (χ4n) is 3.09. The number of benzene rings is 3. The number of nitrogens with two attached hydrogens (primary N) is 1. The van der Waals surface area contributed by atoms with Crippen molar-refractivity contribution in [2.45, 2.75) is 6.18 Å². The molecule has 0 heterocycles. The highest BCUT2D eigenvalue weighted by atomic mass is 19.4. The Morgan fingerprint density at radius 3 is 2.38 bits per heavy atom. The Morgan fingerprint density at radius 2 is 1.75 bits per heavy atom. The summed E-state index contributed by atoms with van der Waals surface area (Å²) in [4.78, 5) is 14.0. The third-order valence-corrected chi connectivity index (χ3v) is 4.62. The van der Waals surface area contributed by atoms with Crippen molar-refractivity contribution in [3.63, 3.8) is 0 Å². The van der Waals surface area contributed by atoms with Gasteiger partial charge in [0.15, 0.2) is 0 Å². The van der Waals surface area contributed by atoms with Crippen LogP contribution in [0.5, 0.6) is 0 Å². The number of carbonyl (C=O) groups excluding carboxylic acids is 1. The quantitative estimate of drug-likeness (QED) is 0.521. The maximum Gasteiger partial charge on any atom is 0.419 e. The number of hydrogen-bond donors (Lipinski definition) is 2. The molecular formula is C23H18F4N4O. The Balaban J connectivity index is 1.83. The molecule has 0 aromatic heterocycles. The summed E-state index contributed by atoms with van der Waals surface area (Å²) in [5.41, 5.74) is 6.54. The van der Waals surface area contributed by atoms with Crippen LogP contribution in [0.25, 0.3) is 11.1 Å². The molecule has 164 valence electrons. The molecule has 0 unspecified atom stereocenters. The van der Waals surface area contributed by atoms with Crippen molar-refractivity contribution in [2.75, 3.05) is 23.3 Å². The lowest BCUT2D eigenvalue weighted by molar-refractivity contribution is -0.139. The standard InChI is InChI=1S/C23H18F4N4O/c24-21-9-6-18(13-20(21)23(25,26)27)30-22(32)31(11-10-28)19-7-4-16(5-8-19)17-3-1-2-15(12-17)14-29/h1-9,12-13H,10-11,28H2,(H,30,32). The summed E-state index contributed by atoms with van der Waals surface area (Å²) in [6.45, 7) is 0.207. The molecule has 0 aliphatic heterocycles. The molecule has 0 saturated carbocycles. The van der Waals surface area contributed by atoms with Gasteiger partial charge in [-0.25, -0.2) is 9.18 Å². The first-order chi connectivity index (χ1) is 15.2. The van der Waals surface area contributed by atoms with E-state index in [1.165, 1.54) is 4.90 Å². The van der Waals surface area contributed by atoms with E-state index in [1.807, 2.05) is 6.07 Å². The molecule has 0 aliphatic carbocycles. The third-order valence-electron chi connectivity index (χ3n) is 4.62. The Hall–Kier alpha value is -3.90. The van der Waals surface area contributed by atoms with E-state index in [1.54, 1.807) is 42.5 Å². The zero-order chi connectivity index (χ0) is 23.3. The van der Waals surface area contributed by atoms with E-state index in [4.69, 9.17) is 11.0 Å². The summed E-state index contributed by atoms with van der Waals surface area (Å²) >= 11 is 0. The van der Waals surface area contributed by atoms with Crippen LogP contribution in [0.3, 0.4) is 0 Å². The third kappa shape index (κ3) is 5.22. The van der Waals surface area contributed by atoms with Gasteiger partial charge in [-0.15, -0.1) is 0 Å². The molecule has 3 aromatic rings. The van der Waals surface area contributed by atoms with E-state index in [9.17, 15) is 22.4 Å². The average molecular weight is 442 g/mol. The molecule has 9 heteroatoms. The number of alkyl halides is 3. The van der Waals surface area contributed by atoms with Crippen LogP contribution in [-0.4, -0.2) is 19.1 Å². The first-order valence-corrected chi connectivity index (χ1v) is 9.49. The van der Waals surface area contributed by atoms with Gasteiger partial charge < -0.3 is 11.1 Å². The van der Waals surface area contributed by atoms with Gasteiger partial charge in [-0.2, -0.15) is 18.4 Å². The highest BCUT2D eigenvalue weighted by Gasteiger charge is 2.34. The maximum absolute atomic E-state index is 13.5. The van der Waals surface area contributed by atoms with E-state index in [-0.39, 0.29) is 18.8 Å². The second kappa shape index (κ2) is 9.49. The SMILES string of the molecule is N#Cc1cccc(-c2ccc(N(CCN)C(=O)Nc3ccc(F)c(C(F)(F)F)c3)cc2)c1. The zero-order valence-corrected chi connectivity index (χ0v) is 16.7. The van der Waals surface area contributed by atoms with Crippen molar-refractivity contribution in [3.8, 4) is 17.2 Å². The van der Waals surface area contributed by atoms with Crippen LogP contribution in [0.2, 0.25) is 0 Å². The van der Waals surface area contributed by atoms with E-state index < -0.39 is 23.6 Å². The summed E-state index contributed by atoms with van der Waals surface area (Å²) in [6.07, 6.45) is -4.89. The molecule has 32 heavy (non-hydrogen) atoms. The van der Waals surface area contributed by atoms with Crippen LogP contribution in [0.15, 0.2) is 66.7 Å². The fourth-order valence-corrected chi connectivity index (χ4v) is 3.09. The monoisotopic (exact) mass is 442 g/mol. The van der Waals surface area contributed by atoms with Crippen molar-refractivity contribution in [1.29, 1.82) is 5.26 Å². The molecule has 0 aliphatic rings. The van der Waals surface area contributed by atoms with Gasteiger partial charge in [0.2, 0.25) is 0 Å². The van der Waals surface area contributed by atoms with Gasteiger partial charge in [0, 0.05) is 24.5 Å².